The van der Waals surface area contributed by atoms with Crippen LogP contribution in [0.4, 0.5) is 10.3 Å². The Morgan fingerprint density at radius 2 is 1.27 bits per heavy atom. The molecule has 0 atom stereocenters. The van der Waals surface area contributed by atoms with Crippen LogP contribution in [0.25, 0.3) is 0 Å². The maximum Gasteiger partial charge on any atom is 0.258 e. The lowest BCUT2D eigenvalue weighted by atomic mass is 10.1. The van der Waals surface area contributed by atoms with Gasteiger partial charge in [0.1, 0.15) is 11.0 Å². The molecule has 2 amide bonds. The van der Waals surface area contributed by atoms with Gasteiger partial charge in [-0.1, -0.05) is 34.8 Å². The first-order chi connectivity index (χ1) is 10.7. The third-order valence-corrected chi connectivity index (χ3v) is 3.79. The van der Waals surface area contributed by atoms with Gasteiger partial charge < -0.3 is 0 Å². The minimum atomic E-state index is -0.431. The van der Waals surface area contributed by atoms with Crippen LogP contribution in [-0.4, -0.2) is 32.2 Å². The number of rotatable bonds is 4. The number of benzene rings is 1. The third kappa shape index (κ3) is 3.13. The molecule has 0 saturated carbocycles. The molecule has 0 spiro atoms. The van der Waals surface area contributed by atoms with Crippen molar-refractivity contribution in [1.82, 2.24) is 20.4 Å². The van der Waals surface area contributed by atoms with Gasteiger partial charge in [-0.25, -0.2) is 0 Å². The average molecular weight is 332 g/mol. The molecule has 22 heavy (non-hydrogen) atoms. The van der Waals surface area contributed by atoms with Gasteiger partial charge in [-0.2, -0.15) is 0 Å². The fraction of sp³-hybridized carbons (Fsp3) is 0. The smallest absolute Gasteiger partial charge is 0.258 e. The number of amides is 2. The molecular weight excluding hydrogens is 324 g/mol. The standard InChI is InChI=1S/C12H8N6O2S2/c19-9(15-11-17-13-5-21-11)7-3-1-2-4-8(7)10(20)16-12-18-14-6-22-12/h1-6H,(H,15,17,19)(H,16,18,20). The number of nitrogens with one attached hydrogen (secondary N) is 2. The molecule has 2 heterocycles. The Kier molecular flexibility index (Phi) is 4.12. The number of carbonyl (C=O) groups excluding carboxylic acids is 2. The predicted molar refractivity (Wildman–Crippen MR) is 82.2 cm³/mol. The number of nitrogens with zero attached hydrogens (tertiary/aromatic N) is 4. The summed E-state index contributed by atoms with van der Waals surface area (Å²) in [5, 5.41) is 20.7. The van der Waals surface area contributed by atoms with Crippen molar-refractivity contribution in [2.45, 2.75) is 0 Å². The van der Waals surface area contributed by atoms with Gasteiger partial charge in [-0.3, -0.25) is 20.2 Å². The van der Waals surface area contributed by atoms with E-state index in [1.165, 1.54) is 33.7 Å². The van der Waals surface area contributed by atoms with Crippen molar-refractivity contribution in [3.05, 3.63) is 46.4 Å². The molecule has 0 aliphatic heterocycles. The Hall–Kier alpha value is -2.72. The molecule has 10 heteroatoms. The molecule has 0 radical (unpaired) electrons. The number of carbonyl (C=O) groups is 2. The van der Waals surface area contributed by atoms with Crippen LogP contribution in [0.15, 0.2) is 35.3 Å². The van der Waals surface area contributed by atoms with Crippen LogP contribution in [0.2, 0.25) is 0 Å². The largest absolute Gasteiger partial charge is 0.296 e. The summed E-state index contributed by atoms with van der Waals surface area (Å²) >= 11 is 2.39. The van der Waals surface area contributed by atoms with Gasteiger partial charge in [0, 0.05) is 0 Å². The van der Waals surface area contributed by atoms with E-state index in [0.717, 1.165) is 0 Å². The first-order valence-electron chi connectivity index (χ1n) is 5.98. The molecule has 110 valence electrons. The second kappa shape index (κ2) is 6.37. The van der Waals surface area contributed by atoms with E-state index in [4.69, 9.17) is 0 Å². The minimum Gasteiger partial charge on any atom is -0.296 e. The summed E-state index contributed by atoms with van der Waals surface area (Å²) < 4.78 is 0. The van der Waals surface area contributed by atoms with Gasteiger partial charge >= 0.3 is 0 Å². The van der Waals surface area contributed by atoms with E-state index in [-0.39, 0.29) is 11.1 Å². The molecular formula is C12H8N6O2S2. The van der Waals surface area contributed by atoms with Gasteiger partial charge in [0.25, 0.3) is 11.8 Å². The van der Waals surface area contributed by atoms with Crippen molar-refractivity contribution in [3.63, 3.8) is 0 Å². The van der Waals surface area contributed by atoms with Crippen LogP contribution >= 0.6 is 22.7 Å². The Morgan fingerprint density at radius 1 is 0.818 bits per heavy atom. The maximum atomic E-state index is 12.3. The quantitative estimate of drug-likeness (QED) is 0.755. The number of anilines is 2. The topological polar surface area (TPSA) is 110 Å². The first-order valence-corrected chi connectivity index (χ1v) is 7.74. The molecule has 0 unspecified atom stereocenters. The van der Waals surface area contributed by atoms with Crippen molar-refractivity contribution in [3.8, 4) is 0 Å². The highest BCUT2D eigenvalue weighted by Crippen LogP contribution is 2.16. The average Bonchev–Trinajstić information content (AvgIpc) is 3.21. The Morgan fingerprint density at radius 3 is 1.64 bits per heavy atom. The van der Waals surface area contributed by atoms with Crippen molar-refractivity contribution >= 4 is 44.8 Å². The SMILES string of the molecule is O=C(Nc1nncs1)c1ccccc1C(=O)Nc1nncs1. The molecule has 0 aliphatic carbocycles. The molecule has 0 bridgehead atoms. The van der Waals surface area contributed by atoms with Gasteiger partial charge in [0.05, 0.1) is 11.1 Å². The van der Waals surface area contributed by atoms with Crippen LogP contribution in [-0.2, 0) is 0 Å². The van der Waals surface area contributed by atoms with Crippen LogP contribution in [0.1, 0.15) is 20.7 Å². The third-order valence-electron chi connectivity index (χ3n) is 2.58. The zero-order valence-corrected chi connectivity index (χ0v) is 12.5. The Balaban J connectivity index is 1.83. The summed E-state index contributed by atoms with van der Waals surface area (Å²) in [5.74, 6) is -0.862. The molecule has 1 aromatic carbocycles. The van der Waals surface area contributed by atoms with E-state index >= 15 is 0 Å². The summed E-state index contributed by atoms with van der Waals surface area (Å²) in [4.78, 5) is 24.5. The Bertz CT molecular complexity index is 721. The second-order valence-corrected chi connectivity index (χ2v) is 5.61. The lowest BCUT2D eigenvalue weighted by Crippen LogP contribution is -2.20. The van der Waals surface area contributed by atoms with Crippen LogP contribution < -0.4 is 10.6 Å². The predicted octanol–water partition coefficient (Wildman–Crippen LogP) is 1.89. The summed E-state index contributed by atoms with van der Waals surface area (Å²) in [6.07, 6.45) is 0. The van der Waals surface area contributed by atoms with E-state index in [1.807, 2.05) is 0 Å². The van der Waals surface area contributed by atoms with E-state index in [1.54, 1.807) is 24.3 Å². The fourth-order valence-electron chi connectivity index (χ4n) is 1.66. The molecule has 0 saturated heterocycles. The summed E-state index contributed by atoms with van der Waals surface area (Å²) in [6.45, 7) is 0. The molecule has 2 aromatic heterocycles. The molecule has 2 N–H and O–H groups in total. The summed E-state index contributed by atoms with van der Waals surface area (Å²) in [5.41, 5.74) is 3.48. The van der Waals surface area contributed by atoms with Gasteiger partial charge in [-0.05, 0) is 12.1 Å². The molecule has 0 fully saturated rings. The highest BCUT2D eigenvalue weighted by atomic mass is 32.1. The van der Waals surface area contributed by atoms with Gasteiger partial charge in [0.15, 0.2) is 0 Å². The van der Waals surface area contributed by atoms with Gasteiger partial charge in [-0.15, -0.1) is 20.4 Å². The normalized spacial score (nSPS) is 10.2. The van der Waals surface area contributed by atoms with Crippen molar-refractivity contribution in [2.75, 3.05) is 10.6 Å². The summed E-state index contributed by atoms with van der Waals surface area (Å²) in [7, 11) is 0. The second-order valence-electron chi connectivity index (χ2n) is 3.94. The van der Waals surface area contributed by atoms with Crippen molar-refractivity contribution < 1.29 is 9.59 Å². The van der Waals surface area contributed by atoms with Crippen LogP contribution in [0.5, 0.6) is 0 Å². The van der Waals surface area contributed by atoms with E-state index in [9.17, 15) is 9.59 Å². The molecule has 8 nitrogen and oxygen atoms in total. The van der Waals surface area contributed by atoms with E-state index in [2.05, 4.69) is 31.0 Å². The van der Waals surface area contributed by atoms with Gasteiger partial charge in [0.2, 0.25) is 10.3 Å². The number of hydrogen-bond donors (Lipinski definition) is 2. The Labute approximate surface area is 132 Å². The number of hydrogen-bond acceptors (Lipinski definition) is 8. The van der Waals surface area contributed by atoms with E-state index in [0.29, 0.717) is 10.3 Å². The molecule has 3 aromatic rings. The van der Waals surface area contributed by atoms with Crippen molar-refractivity contribution in [1.29, 1.82) is 0 Å². The molecule has 3 rings (SSSR count). The highest BCUT2D eigenvalue weighted by Gasteiger charge is 2.18. The first kappa shape index (κ1) is 14.2. The summed E-state index contributed by atoms with van der Waals surface area (Å²) in [6, 6.07) is 6.48. The fourth-order valence-corrected chi connectivity index (χ4v) is 2.54. The van der Waals surface area contributed by atoms with Crippen molar-refractivity contribution in [2.24, 2.45) is 0 Å². The van der Waals surface area contributed by atoms with Crippen LogP contribution in [0, 0.1) is 0 Å². The number of aromatic nitrogens is 4. The zero-order valence-electron chi connectivity index (χ0n) is 10.9. The van der Waals surface area contributed by atoms with E-state index < -0.39 is 11.8 Å². The zero-order chi connectivity index (χ0) is 15.4. The molecule has 0 aliphatic rings. The maximum absolute atomic E-state index is 12.3. The lowest BCUT2D eigenvalue weighted by Gasteiger charge is -2.07. The van der Waals surface area contributed by atoms with Crippen LogP contribution in [0.3, 0.4) is 0 Å². The monoisotopic (exact) mass is 332 g/mol. The highest BCUT2D eigenvalue weighted by molar-refractivity contribution is 7.13. The lowest BCUT2D eigenvalue weighted by molar-refractivity contribution is 0.0990. The minimum absolute atomic E-state index is 0.236.